The molecule has 0 heterocycles. The number of allylic oxidation sites excluding steroid dienone is 2. The van der Waals surface area contributed by atoms with Gasteiger partial charge in [0.05, 0.1) is 12.0 Å². The lowest BCUT2D eigenvalue weighted by Gasteiger charge is -1.74. The molecule has 0 amide bonds. The molecule has 0 radical (unpaired) electrons. The van der Waals surface area contributed by atoms with Crippen LogP contribution in [0.3, 0.4) is 0 Å². The maximum atomic E-state index is 8.32. The second-order valence-electron chi connectivity index (χ2n) is 2.16. The van der Waals surface area contributed by atoms with Crippen molar-refractivity contribution in [2.24, 2.45) is 11.8 Å². The van der Waals surface area contributed by atoms with E-state index < -0.39 is 0 Å². The first-order chi connectivity index (χ1) is 3.88. The van der Waals surface area contributed by atoms with Gasteiger partial charge in [0.2, 0.25) is 0 Å². The Morgan fingerprint density at radius 3 is 2.88 bits per heavy atom. The Bertz CT molecular complexity index is 141. The molecular formula is C7H9N. The van der Waals surface area contributed by atoms with Crippen molar-refractivity contribution in [3.63, 3.8) is 0 Å². The first-order valence-corrected chi connectivity index (χ1v) is 2.91. The van der Waals surface area contributed by atoms with Gasteiger partial charge >= 0.3 is 0 Å². The van der Waals surface area contributed by atoms with Gasteiger partial charge in [0.1, 0.15) is 0 Å². The van der Waals surface area contributed by atoms with Gasteiger partial charge in [-0.3, -0.25) is 0 Å². The average Bonchev–Trinajstić information content (AvgIpc) is 2.48. The monoisotopic (exact) mass is 107 g/mol. The first-order valence-electron chi connectivity index (χ1n) is 2.91. The van der Waals surface area contributed by atoms with Crippen molar-refractivity contribution in [3.05, 3.63) is 12.2 Å². The normalized spacial score (nSPS) is 35.0. The molecule has 0 aromatic carbocycles. The maximum absolute atomic E-state index is 8.32. The highest BCUT2D eigenvalue weighted by Crippen LogP contribution is 2.38. The number of hydrogen-bond acceptors (Lipinski definition) is 1. The zero-order valence-corrected chi connectivity index (χ0v) is 4.96. The second-order valence-corrected chi connectivity index (χ2v) is 2.16. The van der Waals surface area contributed by atoms with E-state index in [1.165, 1.54) is 0 Å². The summed E-state index contributed by atoms with van der Waals surface area (Å²) in [6.45, 7) is 1.99. The van der Waals surface area contributed by atoms with Gasteiger partial charge in [0.15, 0.2) is 0 Å². The third-order valence-corrected chi connectivity index (χ3v) is 1.45. The van der Waals surface area contributed by atoms with Crippen LogP contribution in [0, 0.1) is 23.2 Å². The molecule has 1 aliphatic rings. The molecule has 0 N–H and O–H groups in total. The van der Waals surface area contributed by atoms with Gasteiger partial charge in [-0.05, 0) is 19.3 Å². The fraction of sp³-hybridized carbons (Fsp3) is 0.571. The standard InChI is InChI=1S/C7H9N/c1-2-3-6-4-7(6)5-8/h2-3,6-7H,4H2,1H3/b3-2+/t6-,7-/m0/s1. The van der Waals surface area contributed by atoms with Gasteiger partial charge in [-0.2, -0.15) is 5.26 Å². The average molecular weight is 107 g/mol. The number of nitrogens with zero attached hydrogens (tertiary/aromatic N) is 1. The van der Waals surface area contributed by atoms with E-state index in [9.17, 15) is 0 Å². The van der Waals surface area contributed by atoms with Crippen LogP contribution in [0.2, 0.25) is 0 Å². The van der Waals surface area contributed by atoms with Crippen LogP contribution in [0.5, 0.6) is 0 Å². The van der Waals surface area contributed by atoms with Crippen molar-refractivity contribution < 1.29 is 0 Å². The van der Waals surface area contributed by atoms with Crippen molar-refractivity contribution in [1.82, 2.24) is 0 Å². The zero-order chi connectivity index (χ0) is 5.98. The minimum atomic E-state index is 0.339. The molecule has 0 aliphatic heterocycles. The fourth-order valence-corrected chi connectivity index (χ4v) is 0.823. The van der Waals surface area contributed by atoms with Crippen molar-refractivity contribution in [2.75, 3.05) is 0 Å². The third-order valence-electron chi connectivity index (χ3n) is 1.45. The van der Waals surface area contributed by atoms with Crippen molar-refractivity contribution in [3.8, 4) is 6.07 Å². The van der Waals surface area contributed by atoms with E-state index in [0.717, 1.165) is 6.42 Å². The molecule has 1 fully saturated rings. The van der Waals surface area contributed by atoms with Crippen LogP contribution in [0.15, 0.2) is 12.2 Å². The highest BCUT2D eigenvalue weighted by molar-refractivity contribution is 5.09. The van der Waals surface area contributed by atoms with E-state index in [2.05, 4.69) is 12.1 Å². The Balaban J connectivity index is 2.29. The Morgan fingerprint density at radius 1 is 1.75 bits per heavy atom. The minimum Gasteiger partial charge on any atom is -0.198 e. The van der Waals surface area contributed by atoms with Gasteiger partial charge in [0, 0.05) is 0 Å². The van der Waals surface area contributed by atoms with E-state index in [1.807, 2.05) is 13.0 Å². The molecule has 0 unspecified atom stereocenters. The fourth-order valence-electron chi connectivity index (χ4n) is 0.823. The van der Waals surface area contributed by atoms with Gasteiger partial charge in [0.25, 0.3) is 0 Å². The topological polar surface area (TPSA) is 23.8 Å². The summed E-state index contributed by atoms with van der Waals surface area (Å²) >= 11 is 0. The van der Waals surface area contributed by atoms with Crippen LogP contribution in [0.4, 0.5) is 0 Å². The minimum absolute atomic E-state index is 0.339. The Hall–Kier alpha value is -0.770. The van der Waals surface area contributed by atoms with Crippen molar-refractivity contribution in [1.29, 1.82) is 5.26 Å². The summed E-state index contributed by atoms with van der Waals surface area (Å²) in [5, 5.41) is 8.32. The van der Waals surface area contributed by atoms with Crippen molar-refractivity contribution >= 4 is 0 Å². The van der Waals surface area contributed by atoms with Gasteiger partial charge in [-0.15, -0.1) is 0 Å². The number of rotatable bonds is 1. The molecule has 0 aromatic heterocycles. The molecule has 1 aliphatic carbocycles. The molecule has 0 saturated heterocycles. The van der Waals surface area contributed by atoms with Gasteiger partial charge in [-0.25, -0.2) is 0 Å². The molecule has 0 aromatic rings. The molecule has 1 saturated carbocycles. The molecule has 42 valence electrons. The lowest BCUT2D eigenvalue weighted by Crippen LogP contribution is -1.68. The smallest absolute Gasteiger partial charge is 0.0662 e. The second kappa shape index (κ2) is 2.00. The third kappa shape index (κ3) is 0.894. The van der Waals surface area contributed by atoms with E-state index in [0.29, 0.717) is 11.8 Å². The van der Waals surface area contributed by atoms with Crippen LogP contribution in [0.25, 0.3) is 0 Å². The summed E-state index contributed by atoms with van der Waals surface area (Å²) in [5.41, 5.74) is 0. The number of hydrogen-bond donors (Lipinski definition) is 0. The van der Waals surface area contributed by atoms with Crippen LogP contribution < -0.4 is 0 Å². The highest BCUT2D eigenvalue weighted by Gasteiger charge is 2.34. The lowest BCUT2D eigenvalue weighted by molar-refractivity contribution is 1.00. The molecule has 0 bridgehead atoms. The zero-order valence-electron chi connectivity index (χ0n) is 4.96. The van der Waals surface area contributed by atoms with Crippen LogP contribution >= 0.6 is 0 Å². The Kier molecular flexibility index (Phi) is 1.34. The van der Waals surface area contributed by atoms with Crippen LogP contribution in [0.1, 0.15) is 13.3 Å². The predicted molar refractivity (Wildman–Crippen MR) is 32.0 cm³/mol. The van der Waals surface area contributed by atoms with Gasteiger partial charge < -0.3 is 0 Å². The molecule has 1 nitrogen and oxygen atoms in total. The molecule has 2 atom stereocenters. The molecule has 1 heteroatoms. The van der Waals surface area contributed by atoms with E-state index >= 15 is 0 Å². The quantitative estimate of drug-likeness (QED) is 0.468. The molecular weight excluding hydrogens is 98.1 g/mol. The summed E-state index contributed by atoms with van der Waals surface area (Å²) in [6.07, 6.45) is 5.21. The van der Waals surface area contributed by atoms with E-state index in [-0.39, 0.29) is 0 Å². The maximum Gasteiger partial charge on any atom is 0.0662 e. The van der Waals surface area contributed by atoms with Crippen LogP contribution in [-0.2, 0) is 0 Å². The summed E-state index contributed by atoms with van der Waals surface area (Å²) < 4.78 is 0. The van der Waals surface area contributed by atoms with E-state index in [1.54, 1.807) is 0 Å². The Morgan fingerprint density at radius 2 is 2.50 bits per heavy atom. The van der Waals surface area contributed by atoms with Crippen LogP contribution in [-0.4, -0.2) is 0 Å². The lowest BCUT2D eigenvalue weighted by atomic mass is 10.3. The molecule has 8 heavy (non-hydrogen) atoms. The van der Waals surface area contributed by atoms with Gasteiger partial charge in [-0.1, -0.05) is 12.2 Å². The van der Waals surface area contributed by atoms with E-state index in [4.69, 9.17) is 5.26 Å². The summed E-state index contributed by atoms with van der Waals surface area (Å²) in [7, 11) is 0. The number of nitriles is 1. The largest absolute Gasteiger partial charge is 0.198 e. The Labute approximate surface area is 49.6 Å². The molecule has 0 spiro atoms. The predicted octanol–water partition coefficient (Wildman–Crippen LogP) is 1.72. The highest BCUT2D eigenvalue weighted by atomic mass is 14.4. The molecule has 1 rings (SSSR count). The summed E-state index contributed by atoms with van der Waals surface area (Å²) in [6, 6.07) is 2.22. The summed E-state index contributed by atoms with van der Waals surface area (Å²) in [4.78, 5) is 0. The first kappa shape index (κ1) is 5.37. The SMILES string of the molecule is C/C=C/[C@H]1C[C@H]1C#N. The van der Waals surface area contributed by atoms with Crippen molar-refractivity contribution in [2.45, 2.75) is 13.3 Å². The summed E-state index contributed by atoms with van der Waals surface area (Å²) in [5.74, 6) is 0.927.